The summed E-state index contributed by atoms with van der Waals surface area (Å²) in [5.74, 6) is 0.810. The summed E-state index contributed by atoms with van der Waals surface area (Å²) in [6.45, 7) is 0.649. The smallest absolute Gasteiger partial charge is 0.205 e. The van der Waals surface area contributed by atoms with Crippen LogP contribution >= 0.6 is 23.2 Å². The van der Waals surface area contributed by atoms with Crippen molar-refractivity contribution in [1.29, 1.82) is 0 Å². The predicted octanol–water partition coefficient (Wildman–Crippen LogP) is 4.38. The first kappa shape index (κ1) is 12.9. The maximum Gasteiger partial charge on any atom is 0.205 e. The summed E-state index contributed by atoms with van der Waals surface area (Å²) in [5, 5.41) is 1.09. The molecular weight excluding hydrogens is 305 g/mol. The second kappa shape index (κ2) is 4.86. The Kier molecular flexibility index (Phi) is 2.98. The van der Waals surface area contributed by atoms with Crippen LogP contribution in [0.3, 0.4) is 0 Å². The number of aliphatic imine (C=N–C) groups is 2. The minimum Gasteiger partial charge on any atom is -0.291 e. The lowest BCUT2D eigenvalue weighted by atomic mass is 10.1. The first-order valence-corrected chi connectivity index (χ1v) is 7.43. The molecule has 0 bridgehead atoms. The molecule has 104 valence electrons. The number of amidine groups is 2. The molecule has 1 atom stereocenters. The Morgan fingerprint density at radius 3 is 2.62 bits per heavy atom. The molecule has 2 aliphatic heterocycles. The van der Waals surface area contributed by atoms with Gasteiger partial charge in [-0.05, 0) is 29.3 Å². The van der Waals surface area contributed by atoms with Crippen molar-refractivity contribution in [2.75, 3.05) is 6.54 Å². The molecule has 1 unspecified atom stereocenters. The molecule has 2 heterocycles. The molecule has 0 saturated heterocycles. The van der Waals surface area contributed by atoms with Crippen LogP contribution in [0.25, 0.3) is 0 Å². The third-order valence-corrected chi connectivity index (χ3v) is 4.35. The lowest BCUT2D eigenvalue weighted by molar-refractivity contribution is 0.503. The van der Waals surface area contributed by atoms with E-state index < -0.39 is 0 Å². The van der Waals surface area contributed by atoms with E-state index in [0.717, 1.165) is 17.1 Å². The highest BCUT2D eigenvalue weighted by molar-refractivity contribution is 6.67. The second-order valence-corrected chi connectivity index (χ2v) is 5.72. The van der Waals surface area contributed by atoms with Crippen molar-refractivity contribution in [2.45, 2.75) is 6.04 Å². The number of hydrogen-bond donors (Lipinski definition) is 0. The van der Waals surface area contributed by atoms with Crippen molar-refractivity contribution in [3.8, 4) is 0 Å². The SMILES string of the molecule is ClC1=Nc2cccc(Cl)c2C2=NCC(c3ccccc3)N12. The molecule has 5 heteroatoms. The minimum absolute atomic E-state index is 0.0712. The predicted molar refractivity (Wildman–Crippen MR) is 86.8 cm³/mol. The highest BCUT2D eigenvalue weighted by atomic mass is 35.5. The zero-order valence-electron chi connectivity index (χ0n) is 11.0. The van der Waals surface area contributed by atoms with Crippen LogP contribution in [-0.4, -0.2) is 22.6 Å². The zero-order valence-corrected chi connectivity index (χ0v) is 12.5. The molecule has 0 N–H and O–H groups in total. The maximum absolute atomic E-state index is 6.39. The van der Waals surface area contributed by atoms with Crippen LogP contribution in [-0.2, 0) is 0 Å². The summed E-state index contributed by atoms with van der Waals surface area (Å²) in [5.41, 5.74) is 2.80. The fourth-order valence-corrected chi connectivity index (χ4v) is 3.35. The molecule has 2 aromatic rings. The molecule has 0 saturated carbocycles. The normalized spacial score (nSPS) is 19.7. The van der Waals surface area contributed by atoms with E-state index in [-0.39, 0.29) is 6.04 Å². The van der Waals surface area contributed by atoms with Crippen molar-refractivity contribution >= 4 is 40.0 Å². The van der Waals surface area contributed by atoms with E-state index >= 15 is 0 Å². The molecule has 0 spiro atoms. The van der Waals surface area contributed by atoms with Gasteiger partial charge in [-0.25, -0.2) is 4.99 Å². The van der Waals surface area contributed by atoms with Crippen molar-refractivity contribution in [3.63, 3.8) is 0 Å². The molecule has 4 rings (SSSR count). The van der Waals surface area contributed by atoms with Gasteiger partial charge in [0.2, 0.25) is 5.29 Å². The topological polar surface area (TPSA) is 28.0 Å². The monoisotopic (exact) mass is 315 g/mol. The Balaban J connectivity index is 1.84. The number of hydrogen-bond acceptors (Lipinski definition) is 3. The second-order valence-electron chi connectivity index (χ2n) is 4.98. The summed E-state index contributed by atoms with van der Waals surface area (Å²) in [4.78, 5) is 11.1. The fraction of sp³-hybridized carbons (Fsp3) is 0.125. The van der Waals surface area contributed by atoms with Gasteiger partial charge in [-0.1, -0.05) is 48.0 Å². The number of fused-ring (bicyclic) bond motifs is 3. The van der Waals surface area contributed by atoms with E-state index in [9.17, 15) is 0 Å². The number of rotatable bonds is 1. The average molecular weight is 316 g/mol. The molecule has 0 aromatic heterocycles. The van der Waals surface area contributed by atoms with Crippen molar-refractivity contribution < 1.29 is 0 Å². The summed E-state index contributed by atoms with van der Waals surface area (Å²) >= 11 is 12.7. The summed E-state index contributed by atoms with van der Waals surface area (Å²) in [6.07, 6.45) is 0. The highest BCUT2D eigenvalue weighted by Crippen LogP contribution is 2.39. The minimum atomic E-state index is 0.0712. The Labute approximate surface area is 132 Å². The Bertz CT molecular complexity index is 768. The molecular formula is C16H11Cl2N3. The largest absolute Gasteiger partial charge is 0.291 e. The molecule has 0 aliphatic carbocycles. The van der Waals surface area contributed by atoms with Gasteiger partial charge in [0.05, 0.1) is 28.9 Å². The molecule has 0 radical (unpaired) electrons. The van der Waals surface area contributed by atoms with Crippen molar-refractivity contribution in [1.82, 2.24) is 4.90 Å². The zero-order chi connectivity index (χ0) is 14.4. The quantitative estimate of drug-likeness (QED) is 0.717. The van der Waals surface area contributed by atoms with Crippen LogP contribution < -0.4 is 0 Å². The first-order valence-electron chi connectivity index (χ1n) is 6.67. The molecule has 0 amide bonds. The molecule has 0 fully saturated rings. The van der Waals surface area contributed by atoms with Crippen LogP contribution in [0, 0.1) is 0 Å². The van der Waals surface area contributed by atoms with Gasteiger partial charge in [-0.2, -0.15) is 0 Å². The van der Waals surface area contributed by atoms with E-state index in [4.69, 9.17) is 23.2 Å². The van der Waals surface area contributed by atoms with Gasteiger partial charge in [-0.3, -0.25) is 9.89 Å². The standard InChI is InChI=1S/C16H11Cl2N3/c17-11-7-4-8-12-14(11)15-19-9-13(21(15)16(18)20-12)10-5-2-1-3-6-10/h1-8,13H,9H2. The van der Waals surface area contributed by atoms with Crippen LogP contribution in [0.4, 0.5) is 5.69 Å². The Morgan fingerprint density at radius 1 is 1.00 bits per heavy atom. The number of halogens is 2. The van der Waals surface area contributed by atoms with Crippen LogP contribution in [0.5, 0.6) is 0 Å². The van der Waals surface area contributed by atoms with Gasteiger partial charge in [0, 0.05) is 0 Å². The van der Waals surface area contributed by atoms with Gasteiger partial charge in [0.25, 0.3) is 0 Å². The molecule has 2 aliphatic rings. The lowest BCUT2D eigenvalue weighted by Crippen LogP contribution is -2.36. The third-order valence-electron chi connectivity index (χ3n) is 3.76. The summed E-state index contributed by atoms with van der Waals surface area (Å²) in [7, 11) is 0. The van der Waals surface area contributed by atoms with Crippen molar-refractivity contribution in [2.24, 2.45) is 9.98 Å². The summed E-state index contributed by atoms with van der Waals surface area (Å²) < 4.78 is 0. The third kappa shape index (κ3) is 1.96. The first-order chi connectivity index (χ1) is 10.3. The highest BCUT2D eigenvalue weighted by Gasteiger charge is 2.37. The van der Waals surface area contributed by atoms with E-state index in [1.54, 1.807) is 0 Å². The Hall–Kier alpha value is -1.84. The van der Waals surface area contributed by atoms with Gasteiger partial charge < -0.3 is 0 Å². The average Bonchev–Trinajstić information content (AvgIpc) is 2.93. The number of nitrogens with zero attached hydrogens (tertiary/aromatic N) is 3. The fourth-order valence-electron chi connectivity index (χ4n) is 2.80. The molecule has 2 aromatic carbocycles. The van der Waals surface area contributed by atoms with E-state index in [2.05, 4.69) is 22.1 Å². The maximum atomic E-state index is 6.39. The van der Waals surface area contributed by atoms with E-state index in [1.807, 2.05) is 41.3 Å². The van der Waals surface area contributed by atoms with Gasteiger partial charge in [0.15, 0.2) is 0 Å². The van der Waals surface area contributed by atoms with E-state index in [1.165, 1.54) is 5.56 Å². The Morgan fingerprint density at radius 2 is 1.81 bits per heavy atom. The van der Waals surface area contributed by atoms with E-state index in [0.29, 0.717) is 16.9 Å². The van der Waals surface area contributed by atoms with Gasteiger partial charge in [0.1, 0.15) is 5.84 Å². The summed E-state index contributed by atoms with van der Waals surface area (Å²) in [6, 6.07) is 15.9. The van der Waals surface area contributed by atoms with Gasteiger partial charge >= 0.3 is 0 Å². The van der Waals surface area contributed by atoms with Crippen LogP contribution in [0.2, 0.25) is 5.02 Å². The molecule has 3 nitrogen and oxygen atoms in total. The van der Waals surface area contributed by atoms with Crippen LogP contribution in [0.15, 0.2) is 58.5 Å². The molecule has 21 heavy (non-hydrogen) atoms. The van der Waals surface area contributed by atoms with Crippen molar-refractivity contribution in [3.05, 3.63) is 64.7 Å². The van der Waals surface area contributed by atoms with Crippen LogP contribution in [0.1, 0.15) is 17.2 Å². The number of benzene rings is 2. The van der Waals surface area contributed by atoms with Gasteiger partial charge in [-0.15, -0.1) is 0 Å². The lowest BCUT2D eigenvalue weighted by Gasteiger charge is -2.30.